The number of hydrogen-bond acceptors (Lipinski definition) is 2. The molecule has 0 saturated carbocycles. The highest BCUT2D eigenvalue weighted by Gasteiger charge is 2.14. The lowest BCUT2D eigenvalue weighted by Crippen LogP contribution is -2.35. The van der Waals surface area contributed by atoms with Gasteiger partial charge in [-0.2, -0.15) is 0 Å². The van der Waals surface area contributed by atoms with Crippen molar-refractivity contribution in [1.82, 2.24) is 4.90 Å². The Labute approximate surface area is 107 Å². The number of carboxylic acids is 1. The summed E-state index contributed by atoms with van der Waals surface area (Å²) in [5.74, 6) is -1.08. The maximum absolute atomic E-state index is 11.9. The molecule has 0 aromatic heterocycles. The first-order valence-electron chi connectivity index (χ1n) is 6.08. The van der Waals surface area contributed by atoms with Gasteiger partial charge in [0.2, 0.25) is 5.91 Å². The fraction of sp³-hybridized carbons (Fsp3) is 0.429. The Hall–Kier alpha value is -1.84. The number of carbonyl (C=O) groups is 2. The second-order valence-corrected chi connectivity index (χ2v) is 4.23. The van der Waals surface area contributed by atoms with Gasteiger partial charge in [-0.3, -0.25) is 9.59 Å². The van der Waals surface area contributed by atoms with Gasteiger partial charge in [0.15, 0.2) is 0 Å². The molecule has 98 valence electrons. The lowest BCUT2D eigenvalue weighted by Gasteiger charge is -2.18. The first kappa shape index (κ1) is 14.2. The maximum Gasteiger partial charge on any atom is 0.323 e. The first-order chi connectivity index (χ1) is 8.54. The van der Waals surface area contributed by atoms with Crippen molar-refractivity contribution >= 4 is 11.9 Å². The van der Waals surface area contributed by atoms with Crippen LogP contribution in [0.1, 0.15) is 24.5 Å². The summed E-state index contributed by atoms with van der Waals surface area (Å²) in [7, 11) is 0. The molecule has 0 aliphatic carbocycles. The van der Waals surface area contributed by atoms with E-state index in [1.165, 1.54) is 4.90 Å². The third kappa shape index (κ3) is 4.20. The van der Waals surface area contributed by atoms with Crippen LogP contribution < -0.4 is 0 Å². The van der Waals surface area contributed by atoms with Gasteiger partial charge in [-0.05, 0) is 31.4 Å². The zero-order valence-corrected chi connectivity index (χ0v) is 10.8. The van der Waals surface area contributed by atoms with Gasteiger partial charge in [0.25, 0.3) is 0 Å². The summed E-state index contributed by atoms with van der Waals surface area (Å²) in [6.07, 6.45) is 1.01. The van der Waals surface area contributed by atoms with E-state index in [0.29, 0.717) is 19.4 Å². The first-order valence-corrected chi connectivity index (χ1v) is 6.08. The molecule has 1 aromatic carbocycles. The Balaban J connectivity index is 2.54. The van der Waals surface area contributed by atoms with Crippen LogP contribution in [0.15, 0.2) is 24.3 Å². The Morgan fingerprint density at radius 2 is 1.94 bits per heavy atom. The van der Waals surface area contributed by atoms with E-state index >= 15 is 0 Å². The molecule has 0 atom stereocenters. The zero-order chi connectivity index (χ0) is 13.5. The molecule has 18 heavy (non-hydrogen) atoms. The summed E-state index contributed by atoms with van der Waals surface area (Å²) in [5, 5.41) is 8.70. The molecule has 4 heteroatoms. The van der Waals surface area contributed by atoms with Crippen LogP contribution in [-0.4, -0.2) is 35.0 Å². The van der Waals surface area contributed by atoms with E-state index in [-0.39, 0.29) is 12.5 Å². The van der Waals surface area contributed by atoms with Crippen LogP contribution in [0.5, 0.6) is 0 Å². The van der Waals surface area contributed by atoms with Gasteiger partial charge in [-0.15, -0.1) is 0 Å². The molecule has 1 N–H and O–H groups in total. The number of benzene rings is 1. The van der Waals surface area contributed by atoms with Crippen LogP contribution in [-0.2, 0) is 16.0 Å². The Bertz CT molecular complexity index is 429. The zero-order valence-electron chi connectivity index (χ0n) is 10.8. The van der Waals surface area contributed by atoms with Gasteiger partial charge in [0.1, 0.15) is 6.54 Å². The summed E-state index contributed by atoms with van der Waals surface area (Å²) < 4.78 is 0. The number of aryl methyl sites for hydroxylation is 2. The van der Waals surface area contributed by atoms with Crippen LogP contribution in [0.3, 0.4) is 0 Å². The van der Waals surface area contributed by atoms with Gasteiger partial charge in [-0.25, -0.2) is 0 Å². The molecule has 0 unspecified atom stereocenters. The standard InChI is InChI=1S/C14H19NO3/c1-3-15(10-14(17)18)13(16)9-8-12-7-5-4-6-11(12)2/h4-7H,3,8-10H2,1-2H3,(H,17,18). The monoisotopic (exact) mass is 249 g/mol. The van der Waals surface area contributed by atoms with E-state index in [4.69, 9.17) is 5.11 Å². The summed E-state index contributed by atoms with van der Waals surface area (Å²) in [5.41, 5.74) is 2.30. The SMILES string of the molecule is CCN(CC(=O)O)C(=O)CCc1ccccc1C. The molecule has 1 rings (SSSR count). The number of carboxylic acid groups (broad SMARTS) is 1. The van der Waals surface area contributed by atoms with Crippen molar-refractivity contribution in [2.45, 2.75) is 26.7 Å². The average molecular weight is 249 g/mol. The highest BCUT2D eigenvalue weighted by Crippen LogP contribution is 2.10. The summed E-state index contributed by atoms with van der Waals surface area (Å²) in [4.78, 5) is 23.8. The molecular weight excluding hydrogens is 230 g/mol. The highest BCUT2D eigenvalue weighted by atomic mass is 16.4. The van der Waals surface area contributed by atoms with Crippen LogP contribution in [0.25, 0.3) is 0 Å². The topological polar surface area (TPSA) is 57.6 Å². The number of rotatable bonds is 6. The van der Waals surface area contributed by atoms with E-state index in [1.54, 1.807) is 6.92 Å². The van der Waals surface area contributed by atoms with Crippen molar-refractivity contribution in [3.8, 4) is 0 Å². The van der Waals surface area contributed by atoms with E-state index in [1.807, 2.05) is 31.2 Å². The van der Waals surface area contributed by atoms with Crippen LogP contribution in [0, 0.1) is 6.92 Å². The van der Waals surface area contributed by atoms with Gasteiger partial charge < -0.3 is 10.0 Å². The predicted molar refractivity (Wildman–Crippen MR) is 69.4 cm³/mol. The molecule has 0 radical (unpaired) electrons. The number of nitrogens with zero attached hydrogens (tertiary/aromatic N) is 1. The quantitative estimate of drug-likeness (QED) is 0.837. The minimum Gasteiger partial charge on any atom is -0.480 e. The van der Waals surface area contributed by atoms with Crippen molar-refractivity contribution < 1.29 is 14.7 Å². The molecule has 0 bridgehead atoms. The van der Waals surface area contributed by atoms with E-state index in [2.05, 4.69) is 0 Å². The molecule has 0 aliphatic rings. The van der Waals surface area contributed by atoms with Crippen LogP contribution >= 0.6 is 0 Å². The number of amides is 1. The largest absolute Gasteiger partial charge is 0.480 e. The smallest absolute Gasteiger partial charge is 0.323 e. The van der Waals surface area contributed by atoms with Crippen molar-refractivity contribution in [3.05, 3.63) is 35.4 Å². The van der Waals surface area contributed by atoms with Crippen molar-refractivity contribution in [2.24, 2.45) is 0 Å². The Morgan fingerprint density at radius 1 is 1.28 bits per heavy atom. The molecule has 0 aliphatic heterocycles. The van der Waals surface area contributed by atoms with E-state index in [0.717, 1.165) is 11.1 Å². The lowest BCUT2D eigenvalue weighted by molar-refractivity contribution is -0.144. The van der Waals surface area contributed by atoms with Crippen LogP contribution in [0.4, 0.5) is 0 Å². The van der Waals surface area contributed by atoms with Crippen LogP contribution in [0.2, 0.25) is 0 Å². The fourth-order valence-corrected chi connectivity index (χ4v) is 1.83. The van der Waals surface area contributed by atoms with E-state index in [9.17, 15) is 9.59 Å². The average Bonchev–Trinajstić information content (AvgIpc) is 2.34. The van der Waals surface area contributed by atoms with Crippen molar-refractivity contribution in [2.75, 3.05) is 13.1 Å². The summed E-state index contributed by atoms with van der Waals surface area (Å²) in [6.45, 7) is 4.01. The van der Waals surface area contributed by atoms with Gasteiger partial charge in [-0.1, -0.05) is 24.3 Å². The highest BCUT2D eigenvalue weighted by molar-refractivity contribution is 5.81. The van der Waals surface area contributed by atoms with Gasteiger partial charge in [0, 0.05) is 13.0 Å². The second-order valence-electron chi connectivity index (χ2n) is 4.23. The number of hydrogen-bond donors (Lipinski definition) is 1. The van der Waals surface area contributed by atoms with Gasteiger partial charge in [0.05, 0.1) is 0 Å². The molecule has 1 amide bonds. The number of likely N-dealkylation sites (N-methyl/N-ethyl adjacent to an activating group) is 1. The molecule has 0 saturated heterocycles. The predicted octanol–water partition coefficient (Wildman–Crippen LogP) is 1.86. The number of carbonyl (C=O) groups excluding carboxylic acids is 1. The third-order valence-corrected chi connectivity index (χ3v) is 2.93. The molecule has 4 nitrogen and oxygen atoms in total. The lowest BCUT2D eigenvalue weighted by atomic mass is 10.0. The fourth-order valence-electron chi connectivity index (χ4n) is 1.83. The normalized spacial score (nSPS) is 10.1. The van der Waals surface area contributed by atoms with Crippen molar-refractivity contribution in [3.63, 3.8) is 0 Å². The van der Waals surface area contributed by atoms with Crippen molar-refractivity contribution in [1.29, 1.82) is 0 Å². The molecular formula is C14H19NO3. The Kier molecular flexibility index (Phi) is 5.36. The molecule has 0 heterocycles. The van der Waals surface area contributed by atoms with Gasteiger partial charge >= 0.3 is 5.97 Å². The molecule has 0 fully saturated rings. The molecule has 1 aromatic rings. The summed E-state index contributed by atoms with van der Waals surface area (Å²) in [6, 6.07) is 7.91. The minimum atomic E-state index is -0.971. The summed E-state index contributed by atoms with van der Waals surface area (Å²) >= 11 is 0. The maximum atomic E-state index is 11.9. The Morgan fingerprint density at radius 3 is 2.50 bits per heavy atom. The third-order valence-electron chi connectivity index (χ3n) is 2.93. The second kappa shape index (κ2) is 6.79. The number of aliphatic carboxylic acids is 1. The molecule has 0 spiro atoms. The minimum absolute atomic E-state index is 0.108. The van der Waals surface area contributed by atoms with E-state index < -0.39 is 5.97 Å².